The first-order valence-corrected chi connectivity index (χ1v) is 8.17. The smallest absolute Gasteiger partial charge is 0.256 e. The first kappa shape index (κ1) is 17.1. The van der Waals surface area contributed by atoms with Crippen LogP contribution in [0.5, 0.6) is 5.75 Å². The maximum atomic E-state index is 12.8. The van der Waals surface area contributed by atoms with Gasteiger partial charge >= 0.3 is 0 Å². The highest BCUT2D eigenvalue weighted by Gasteiger charge is 2.42. The molecule has 22 heavy (non-hydrogen) atoms. The second kappa shape index (κ2) is 7.34. The van der Waals surface area contributed by atoms with Crippen LogP contribution < -0.4 is 10.1 Å². The number of methoxy groups -OCH3 is 1. The zero-order valence-corrected chi connectivity index (χ0v) is 14.2. The molecule has 1 fully saturated rings. The van der Waals surface area contributed by atoms with E-state index in [2.05, 4.69) is 12.2 Å². The Hall–Kier alpha value is -1.26. The van der Waals surface area contributed by atoms with E-state index >= 15 is 0 Å². The monoisotopic (exact) mass is 325 g/mol. The van der Waals surface area contributed by atoms with Gasteiger partial charge in [-0.2, -0.15) is 0 Å². The summed E-state index contributed by atoms with van der Waals surface area (Å²) >= 11 is 6.11. The highest BCUT2D eigenvalue weighted by molar-refractivity contribution is 6.32. The van der Waals surface area contributed by atoms with Crippen molar-refractivity contribution in [2.24, 2.45) is 5.92 Å². The van der Waals surface area contributed by atoms with E-state index in [1.165, 1.54) is 0 Å². The molecule has 0 heterocycles. The molecule has 1 aromatic rings. The molecule has 1 amide bonds. The van der Waals surface area contributed by atoms with Gasteiger partial charge in [-0.1, -0.05) is 24.9 Å². The predicted molar refractivity (Wildman–Crippen MR) is 88.6 cm³/mol. The van der Waals surface area contributed by atoms with Crippen LogP contribution in [-0.4, -0.2) is 25.2 Å². The third kappa shape index (κ3) is 3.73. The summed E-state index contributed by atoms with van der Waals surface area (Å²) in [5.74, 6) is 0.998. The number of ether oxygens (including phenoxy) is 2. The Labute approximate surface area is 137 Å². The number of halogens is 1. The Balaban J connectivity index is 2.16. The van der Waals surface area contributed by atoms with Gasteiger partial charge in [0.1, 0.15) is 11.4 Å². The molecule has 0 bridgehead atoms. The lowest BCUT2D eigenvalue weighted by Crippen LogP contribution is -2.48. The molecule has 0 unspecified atom stereocenters. The van der Waals surface area contributed by atoms with Crippen molar-refractivity contribution in [3.63, 3.8) is 0 Å². The van der Waals surface area contributed by atoms with Crippen molar-refractivity contribution >= 4 is 23.2 Å². The summed E-state index contributed by atoms with van der Waals surface area (Å²) in [7, 11) is 1.56. The van der Waals surface area contributed by atoms with Crippen LogP contribution in [0.3, 0.4) is 0 Å². The van der Waals surface area contributed by atoms with E-state index < -0.39 is 5.60 Å². The summed E-state index contributed by atoms with van der Waals surface area (Å²) in [5, 5.41) is 3.42. The van der Waals surface area contributed by atoms with Crippen LogP contribution in [0.25, 0.3) is 0 Å². The number of amides is 1. The molecule has 1 aliphatic carbocycles. The maximum Gasteiger partial charge on any atom is 0.256 e. The molecule has 1 aromatic carbocycles. The Morgan fingerprint density at radius 3 is 2.86 bits per heavy atom. The fourth-order valence-corrected chi connectivity index (χ4v) is 3.43. The molecular formula is C17H24ClNO3. The number of carbonyl (C=O) groups is 1. The van der Waals surface area contributed by atoms with Gasteiger partial charge in [0.15, 0.2) is 0 Å². The van der Waals surface area contributed by atoms with E-state index in [-0.39, 0.29) is 5.91 Å². The first-order chi connectivity index (χ1) is 10.5. The number of hydrogen-bond acceptors (Lipinski definition) is 3. The quantitative estimate of drug-likeness (QED) is 0.879. The van der Waals surface area contributed by atoms with Gasteiger partial charge in [-0.3, -0.25) is 4.79 Å². The van der Waals surface area contributed by atoms with Crippen LogP contribution in [0.2, 0.25) is 5.02 Å². The number of rotatable bonds is 5. The van der Waals surface area contributed by atoms with E-state index in [1.54, 1.807) is 25.3 Å². The van der Waals surface area contributed by atoms with Crippen molar-refractivity contribution in [2.45, 2.75) is 45.1 Å². The third-order valence-corrected chi connectivity index (χ3v) is 4.50. The van der Waals surface area contributed by atoms with Crippen molar-refractivity contribution in [3.05, 3.63) is 23.2 Å². The van der Waals surface area contributed by atoms with Crippen molar-refractivity contribution in [2.75, 3.05) is 19.0 Å². The van der Waals surface area contributed by atoms with E-state index in [4.69, 9.17) is 21.1 Å². The van der Waals surface area contributed by atoms with Gasteiger partial charge in [-0.05, 0) is 50.3 Å². The molecular weight excluding hydrogens is 302 g/mol. The maximum absolute atomic E-state index is 12.8. The molecule has 1 N–H and O–H groups in total. The highest BCUT2D eigenvalue weighted by atomic mass is 35.5. The minimum atomic E-state index is -0.723. The van der Waals surface area contributed by atoms with Crippen LogP contribution in [-0.2, 0) is 9.53 Å². The molecule has 0 spiro atoms. The zero-order chi connectivity index (χ0) is 16.2. The fourth-order valence-electron chi connectivity index (χ4n) is 3.17. The molecule has 0 aromatic heterocycles. The summed E-state index contributed by atoms with van der Waals surface area (Å²) in [4.78, 5) is 12.8. The molecule has 122 valence electrons. The second-order valence-electron chi connectivity index (χ2n) is 5.93. The van der Waals surface area contributed by atoms with Gasteiger partial charge in [-0.15, -0.1) is 0 Å². The van der Waals surface area contributed by atoms with E-state index in [1.807, 2.05) is 6.92 Å². The highest BCUT2D eigenvalue weighted by Crippen LogP contribution is 2.36. The normalized spacial score (nSPS) is 24.8. The van der Waals surface area contributed by atoms with Gasteiger partial charge in [0.25, 0.3) is 5.91 Å². The molecule has 2 atom stereocenters. The Morgan fingerprint density at radius 2 is 2.27 bits per heavy atom. The largest absolute Gasteiger partial charge is 0.495 e. The molecule has 1 aliphatic rings. The van der Waals surface area contributed by atoms with Gasteiger partial charge in [0, 0.05) is 12.3 Å². The number of nitrogens with one attached hydrogen (secondary N) is 1. The molecule has 1 saturated carbocycles. The van der Waals surface area contributed by atoms with E-state index in [9.17, 15) is 4.79 Å². The lowest BCUT2D eigenvalue weighted by molar-refractivity contribution is -0.147. The second-order valence-corrected chi connectivity index (χ2v) is 6.34. The molecule has 0 aliphatic heterocycles. The van der Waals surface area contributed by atoms with Crippen LogP contribution in [0.1, 0.15) is 39.5 Å². The standard InChI is InChI=1S/C17H24ClNO3/c1-4-22-17(9-5-6-12(2)11-17)16(20)19-13-7-8-15(21-3)14(18)10-13/h7-8,10,12H,4-6,9,11H2,1-3H3,(H,19,20)/t12-,17+/m1/s1. The summed E-state index contributed by atoms with van der Waals surface area (Å²) in [6.07, 6.45) is 3.69. The Bertz CT molecular complexity index is 531. The summed E-state index contributed by atoms with van der Waals surface area (Å²) in [6.45, 7) is 4.63. The third-order valence-electron chi connectivity index (χ3n) is 4.20. The van der Waals surface area contributed by atoms with Crippen LogP contribution >= 0.6 is 11.6 Å². The summed E-state index contributed by atoms with van der Waals surface area (Å²) in [6, 6.07) is 5.23. The fraction of sp³-hybridized carbons (Fsp3) is 0.588. The van der Waals surface area contributed by atoms with Crippen molar-refractivity contribution < 1.29 is 14.3 Å². The van der Waals surface area contributed by atoms with Gasteiger partial charge in [0.05, 0.1) is 12.1 Å². The van der Waals surface area contributed by atoms with Crippen LogP contribution in [0, 0.1) is 5.92 Å². The molecule has 2 rings (SSSR count). The lowest BCUT2D eigenvalue weighted by atomic mass is 9.78. The SMILES string of the molecule is CCO[C@@]1(C(=O)Nc2ccc(OC)c(Cl)c2)CCC[C@@H](C)C1. The van der Waals surface area contributed by atoms with E-state index in [0.717, 1.165) is 25.7 Å². The van der Waals surface area contributed by atoms with Crippen molar-refractivity contribution in [1.29, 1.82) is 0 Å². The number of anilines is 1. The summed E-state index contributed by atoms with van der Waals surface area (Å²) < 4.78 is 11.0. The Morgan fingerprint density at radius 1 is 1.50 bits per heavy atom. The van der Waals surface area contributed by atoms with Crippen molar-refractivity contribution in [1.82, 2.24) is 0 Å². The first-order valence-electron chi connectivity index (χ1n) is 7.79. The topological polar surface area (TPSA) is 47.6 Å². The number of benzene rings is 1. The molecule has 0 saturated heterocycles. The summed E-state index contributed by atoms with van der Waals surface area (Å²) in [5.41, 5.74) is -0.0631. The number of hydrogen-bond donors (Lipinski definition) is 1. The van der Waals surface area contributed by atoms with Gasteiger partial charge in [-0.25, -0.2) is 0 Å². The van der Waals surface area contributed by atoms with Crippen LogP contribution in [0.15, 0.2) is 18.2 Å². The molecule has 4 nitrogen and oxygen atoms in total. The average Bonchev–Trinajstić information content (AvgIpc) is 2.47. The minimum absolute atomic E-state index is 0.0814. The van der Waals surface area contributed by atoms with Gasteiger partial charge in [0.2, 0.25) is 0 Å². The predicted octanol–water partition coefficient (Wildman–Crippen LogP) is 4.27. The lowest BCUT2D eigenvalue weighted by Gasteiger charge is -2.38. The number of carbonyl (C=O) groups excluding carboxylic acids is 1. The van der Waals surface area contributed by atoms with Crippen LogP contribution in [0.4, 0.5) is 5.69 Å². The molecule has 0 radical (unpaired) electrons. The van der Waals surface area contributed by atoms with Gasteiger partial charge < -0.3 is 14.8 Å². The average molecular weight is 326 g/mol. The van der Waals surface area contributed by atoms with E-state index in [0.29, 0.717) is 29.0 Å². The Kier molecular flexibility index (Phi) is 5.70. The minimum Gasteiger partial charge on any atom is -0.495 e. The molecule has 5 heteroatoms. The zero-order valence-electron chi connectivity index (χ0n) is 13.4. The van der Waals surface area contributed by atoms with Crippen molar-refractivity contribution in [3.8, 4) is 5.75 Å².